The smallest absolute Gasteiger partial charge is 0.0468 e. The van der Waals surface area contributed by atoms with Crippen molar-refractivity contribution in [1.82, 2.24) is 9.88 Å². The Hall–Kier alpha value is -1.32. The van der Waals surface area contributed by atoms with Crippen molar-refractivity contribution in [2.75, 3.05) is 26.8 Å². The molecule has 1 N–H and O–H groups in total. The van der Waals surface area contributed by atoms with E-state index in [-0.39, 0.29) is 0 Å². The van der Waals surface area contributed by atoms with E-state index >= 15 is 0 Å². The molecule has 0 spiro atoms. The summed E-state index contributed by atoms with van der Waals surface area (Å²) in [5.41, 5.74) is 3.91. The fourth-order valence-electron chi connectivity index (χ4n) is 3.30. The van der Waals surface area contributed by atoms with Crippen LogP contribution in [0, 0.1) is 12.8 Å². The first-order valence-electron chi connectivity index (χ1n) is 9.06. The first-order valence-corrected chi connectivity index (χ1v) is 9.06. The van der Waals surface area contributed by atoms with Gasteiger partial charge in [-0.3, -0.25) is 0 Å². The minimum Gasteiger partial charge on any atom is -0.381 e. The van der Waals surface area contributed by atoms with Gasteiger partial charge in [-0.15, -0.1) is 0 Å². The van der Waals surface area contributed by atoms with Crippen molar-refractivity contribution >= 4 is 10.9 Å². The van der Waals surface area contributed by atoms with Gasteiger partial charge in [0.05, 0.1) is 0 Å². The van der Waals surface area contributed by atoms with E-state index < -0.39 is 0 Å². The highest BCUT2D eigenvalue weighted by atomic mass is 16.5. The van der Waals surface area contributed by atoms with Gasteiger partial charge in [-0.1, -0.05) is 26.0 Å². The summed E-state index contributed by atoms with van der Waals surface area (Å²) in [7, 11) is 2.23. The van der Waals surface area contributed by atoms with Crippen molar-refractivity contribution in [3.63, 3.8) is 0 Å². The molecule has 0 aliphatic carbocycles. The summed E-state index contributed by atoms with van der Waals surface area (Å²) in [5.74, 6) is 0.853. The monoisotopic (exact) mass is 316 g/mol. The second-order valence-electron chi connectivity index (χ2n) is 6.41. The maximum atomic E-state index is 5.44. The molecule has 1 aromatic heterocycles. The summed E-state index contributed by atoms with van der Waals surface area (Å²) < 4.78 is 5.44. The van der Waals surface area contributed by atoms with Crippen LogP contribution in [0.3, 0.4) is 0 Å². The lowest BCUT2D eigenvalue weighted by Gasteiger charge is -2.25. The number of rotatable bonds is 5. The lowest BCUT2D eigenvalue weighted by atomic mass is 9.96. The molecule has 0 amide bonds. The zero-order valence-electron chi connectivity index (χ0n) is 15.2. The van der Waals surface area contributed by atoms with E-state index in [1.54, 1.807) is 0 Å². The van der Waals surface area contributed by atoms with Crippen LogP contribution in [0.5, 0.6) is 0 Å². The van der Waals surface area contributed by atoms with Crippen LogP contribution in [0.1, 0.15) is 44.4 Å². The van der Waals surface area contributed by atoms with Crippen LogP contribution in [-0.4, -0.2) is 36.7 Å². The second-order valence-corrected chi connectivity index (χ2v) is 6.41. The van der Waals surface area contributed by atoms with Gasteiger partial charge in [-0.05, 0) is 63.4 Å². The molecule has 23 heavy (non-hydrogen) atoms. The van der Waals surface area contributed by atoms with Crippen LogP contribution in [0.15, 0.2) is 24.3 Å². The fourth-order valence-corrected chi connectivity index (χ4v) is 3.30. The number of aromatic nitrogens is 1. The minimum atomic E-state index is 0.853. The maximum absolute atomic E-state index is 5.44. The van der Waals surface area contributed by atoms with E-state index in [0.29, 0.717) is 0 Å². The van der Waals surface area contributed by atoms with Gasteiger partial charge < -0.3 is 14.6 Å². The van der Waals surface area contributed by atoms with Gasteiger partial charge in [-0.25, -0.2) is 0 Å². The van der Waals surface area contributed by atoms with Crippen molar-refractivity contribution in [3.05, 3.63) is 35.5 Å². The van der Waals surface area contributed by atoms with Crippen molar-refractivity contribution in [2.45, 2.75) is 46.6 Å². The summed E-state index contributed by atoms with van der Waals surface area (Å²) in [4.78, 5) is 5.87. The van der Waals surface area contributed by atoms with Crippen LogP contribution in [-0.2, 0) is 11.3 Å². The Labute approximate surface area is 141 Å². The number of benzene rings is 1. The molecular weight excluding hydrogens is 284 g/mol. The number of hydrogen-bond donors (Lipinski definition) is 1. The Bertz CT molecular complexity index is 584. The highest BCUT2D eigenvalue weighted by Crippen LogP contribution is 2.22. The molecule has 2 heterocycles. The van der Waals surface area contributed by atoms with Crippen LogP contribution >= 0.6 is 0 Å². The predicted molar refractivity (Wildman–Crippen MR) is 98.9 cm³/mol. The molecule has 0 radical (unpaired) electrons. The quantitative estimate of drug-likeness (QED) is 0.862. The van der Waals surface area contributed by atoms with Gasteiger partial charge in [0.25, 0.3) is 0 Å². The molecule has 1 aliphatic rings. The average Bonchev–Trinajstić information content (AvgIpc) is 2.97. The normalized spacial score (nSPS) is 15.7. The van der Waals surface area contributed by atoms with Gasteiger partial charge in [0.15, 0.2) is 0 Å². The number of ether oxygens (including phenoxy) is 1. The molecule has 128 valence electrons. The van der Waals surface area contributed by atoms with E-state index in [0.717, 1.165) is 25.7 Å². The van der Waals surface area contributed by atoms with E-state index in [2.05, 4.69) is 48.1 Å². The summed E-state index contributed by atoms with van der Waals surface area (Å²) >= 11 is 0. The first-order chi connectivity index (χ1) is 11.2. The molecule has 1 fully saturated rings. The van der Waals surface area contributed by atoms with Gasteiger partial charge in [0, 0.05) is 36.4 Å². The zero-order chi connectivity index (χ0) is 16.7. The number of aromatic amines is 1. The topological polar surface area (TPSA) is 28.3 Å². The first kappa shape index (κ1) is 18.0. The number of nitrogens with zero attached hydrogens (tertiary/aromatic N) is 1. The summed E-state index contributed by atoms with van der Waals surface area (Å²) in [6.45, 7) is 10.2. The predicted octanol–water partition coefficient (Wildman–Crippen LogP) is 4.75. The highest BCUT2D eigenvalue weighted by molar-refractivity contribution is 5.83. The van der Waals surface area contributed by atoms with Crippen molar-refractivity contribution in [2.24, 2.45) is 5.92 Å². The van der Waals surface area contributed by atoms with Crippen LogP contribution in [0.2, 0.25) is 0 Å². The summed E-state index contributed by atoms with van der Waals surface area (Å²) in [6.07, 6.45) is 3.77. The van der Waals surface area contributed by atoms with Gasteiger partial charge >= 0.3 is 0 Å². The minimum absolute atomic E-state index is 0.853. The van der Waals surface area contributed by atoms with Crippen molar-refractivity contribution in [3.8, 4) is 0 Å². The number of aryl methyl sites for hydroxylation is 1. The molecule has 0 atom stereocenters. The van der Waals surface area contributed by atoms with E-state index in [4.69, 9.17) is 4.74 Å². The van der Waals surface area contributed by atoms with E-state index in [9.17, 15) is 0 Å². The maximum Gasteiger partial charge on any atom is 0.0468 e. The molecule has 2 aromatic rings. The molecule has 1 saturated heterocycles. The van der Waals surface area contributed by atoms with Gasteiger partial charge in [-0.2, -0.15) is 0 Å². The molecule has 3 rings (SSSR count). The largest absolute Gasteiger partial charge is 0.381 e. The number of nitrogens with one attached hydrogen (secondary N) is 1. The lowest BCUT2D eigenvalue weighted by Crippen LogP contribution is -2.24. The molecule has 0 unspecified atom stereocenters. The average molecular weight is 316 g/mol. The fraction of sp³-hybridized carbons (Fsp3) is 0.600. The number of H-pyrrole nitrogens is 1. The Balaban J connectivity index is 0.000000924. The SMILES string of the molecule is CC.Cc1cc2c(CN(C)CCC3CCOCC3)cccc2[nH]1. The summed E-state index contributed by atoms with van der Waals surface area (Å²) in [5, 5.41) is 1.37. The van der Waals surface area contributed by atoms with Gasteiger partial charge in [0.2, 0.25) is 0 Å². The Morgan fingerprint density at radius 3 is 2.70 bits per heavy atom. The molecule has 0 saturated carbocycles. The van der Waals surface area contributed by atoms with Crippen molar-refractivity contribution < 1.29 is 4.74 Å². The van der Waals surface area contributed by atoms with Crippen LogP contribution in [0.25, 0.3) is 10.9 Å². The Morgan fingerprint density at radius 2 is 1.96 bits per heavy atom. The highest BCUT2D eigenvalue weighted by Gasteiger charge is 2.14. The third-order valence-electron chi connectivity index (χ3n) is 4.59. The Kier molecular flexibility index (Phi) is 7.13. The second kappa shape index (κ2) is 9.09. The molecule has 3 heteroatoms. The molecule has 0 bridgehead atoms. The molecule has 3 nitrogen and oxygen atoms in total. The third kappa shape index (κ3) is 5.08. The Morgan fingerprint density at radius 1 is 1.22 bits per heavy atom. The molecule has 1 aliphatic heterocycles. The van der Waals surface area contributed by atoms with E-state index in [1.807, 2.05) is 13.8 Å². The van der Waals surface area contributed by atoms with E-state index in [1.165, 1.54) is 48.0 Å². The number of fused-ring (bicyclic) bond motifs is 1. The summed E-state index contributed by atoms with van der Waals surface area (Å²) in [6, 6.07) is 8.82. The number of hydrogen-bond acceptors (Lipinski definition) is 2. The van der Waals surface area contributed by atoms with Crippen LogP contribution < -0.4 is 0 Å². The van der Waals surface area contributed by atoms with Crippen LogP contribution in [0.4, 0.5) is 0 Å². The van der Waals surface area contributed by atoms with Crippen molar-refractivity contribution in [1.29, 1.82) is 0 Å². The van der Waals surface area contributed by atoms with Gasteiger partial charge in [0.1, 0.15) is 0 Å². The standard InChI is InChI=1S/C18H26N2O.C2H6/c1-14-12-17-16(4-3-5-18(17)19-14)13-20(2)9-6-15-7-10-21-11-8-15;1-2/h3-5,12,15,19H,6-11,13H2,1-2H3;1-2H3. The zero-order valence-corrected chi connectivity index (χ0v) is 15.2. The molecule has 1 aromatic carbocycles. The lowest BCUT2D eigenvalue weighted by molar-refractivity contribution is 0.0608. The molecular formula is C20H32N2O. The third-order valence-corrected chi connectivity index (χ3v) is 4.59.